The Morgan fingerprint density at radius 1 is 1.13 bits per heavy atom. The molecule has 0 aliphatic carbocycles. The first-order valence-corrected chi connectivity index (χ1v) is 6.32. The first kappa shape index (κ1) is 11.5. The zero-order chi connectivity index (χ0) is 11.0. The van der Waals surface area contributed by atoms with Gasteiger partial charge < -0.3 is 4.42 Å². The van der Waals surface area contributed by atoms with Crippen molar-refractivity contribution in [2.45, 2.75) is 0 Å². The lowest BCUT2D eigenvalue weighted by atomic mass is 10.2. The van der Waals surface area contributed by atoms with Crippen LogP contribution < -0.4 is 0 Å². The molecule has 0 unspecified atom stereocenters. The highest BCUT2D eigenvalue weighted by Crippen LogP contribution is 2.42. The van der Waals surface area contributed by atoms with Gasteiger partial charge in [-0.25, -0.2) is 0 Å². The Morgan fingerprint density at radius 2 is 1.87 bits per heavy atom. The molecule has 0 fully saturated rings. The monoisotopic (exact) mass is 368 g/mol. The van der Waals surface area contributed by atoms with Gasteiger partial charge >= 0.3 is 0 Å². The molecule has 1 aromatic heterocycles. The Kier molecular flexibility index (Phi) is 3.45. The second-order valence-corrected chi connectivity index (χ2v) is 5.20. The van der Waals surface area contributed by atoms with Gasteiger partial charge in [-0.3, -0.25) is 0 Å². The van der Waals surface area contributed by atoms with Gasteiger partial charge in [-0.2, -0.15) is 0 Å². The standard InChI is InChI=1S/C10H4Br2Cl2O/c11-8-5(7-2-1-3-15-7)4-6(13)9(12)10(8)14/h1-4H. The van der Waals surface area contributed by atoms with Crippen LogP contribution >= 0.6 is 55.1 Å². The third-order valence-electron chi connectivity index (χ3n) is 1.89. The van der Waals surface area contributed by atoms with Crippen LogP contribution in [0.25, 0.3) is 11.3 Å². The van der Waals surface area contributed by atoms with Crippen LogP contribution in [0.5, 0.6) is 0 Å². The summed E-state index contributed by atoms with van der Waals surface area (Å²) >= 11 is 18.8. The van der Waals surface area contributed by atoms with Crippen molar-refractivity contribution in [2.75, 3.05) is 0 Å². The maximum absolute atomic E-state index is 6.09. The number of hydrogen-bond acceptors (Lipinski definition) is 1. The molecule has 15 heavy (non-hydrogen) atoms. The van der Waals surface area contributed by atoms with E-state index in [9.17, 15) is 0 Å². The van der Waals surface area contributed by atoms with Crippen LogP contribution in [0.15, 0.2) is 37.8 Å². The minimum Gasteiger partial charge on any atom is -0.464 e. The van der Waals surface area contributed by atoms with E-state index in [4.69, 9.17) is 27.6 Å². The van der Waals surface area contributed by atoms with Crippen molar-refractivity contribution >= 4 is 55.1 Å². The molecule has 0 spiro atoms. The molecule has 0 amide bonds. The third-order valence-corrected chi connectivity index (χ3v) is 4.90. The van der Waals surface area contributed by atoms with Crippen LogP contribution in [0.2, 0.25) is 10.0 Å². The van der Waals surface area contributed by atoms with Gasteiger partial charge in [-0.15, -0.1) is 0 Å². The molecule has 1 heterocycles. The van der Waals surface area contributed by atoms with Crippen LogP contribution in [-0.2, 0) is 0 Å². The van der Waals surface area contributed by atoms with Crippen LogP contribution in [0.3, 0.4) is 0 Å². The van der Waals surface area contributed by atoms with Gasteiger partial charge in [-0.1, -0.05) is 23.2 Å². The van der Waals surface area contributed by atoms with Crippen LogP contribution in [0.4, 0.5) is 0 Å². The molecule has 0 radical (unpaired) electrons. The molecule has 0 bridgehead atoms. The summed E-state index contributed by atoms with van der Waals surface area (Å²) in [7, 11) is 0. The molecule has 78 valence electrons. The van der Waals surface area contributed by atoms with Crippen molar-refractivity contribution in [3.05, 3.63) is 43.5 Å². The molecule has 1 aromatic carbocycles. The maximum atomic E-state index is 6.09. The van der Waals surface area contributed by atoms with E-state index in [1.54, 1.807) is 12.3 Å². The number of benzene rings is 1. The predicted octanol–water partition coefficient (Wildman–Crippen LogP) is 5.78. The quantitative estimate of drug-likeness (QED) is 0.458. The summed E-state index contributed by atoms with van der Waals surface area (Å²) in [4.78, 5) is 0. The van der Waals surface area contributed by atoms with E-state index in [0.29, 0.717) is 14.5 Å². The van der Waals surface area contributed by atoms with Crippen LogP contribution in [0.1, 0.15) is 0 Å². The van der Waals surface area contributed by atoms with Crippen molar-refractivity contribution < 1.29 is 4.42 Å². The summed E-state index contributed by atoms with van der Waals surface area (Å²) in [5.41, 5.74) is 0.832. The molecule has 2 rings (SSSR count). The summed E-state index contributed by atoms with van der Waals surface area (Å²) < 4.78 is 6.72. The van der Waals surface area contributed by atoms with Crippen molar-refractivity contribution in [3.63, 3.8) is 0 Å². The molecule has 0 aliphatic heterocycles. The molecular weight excluding hydrogens is 367 g/mol. The predicted molar refractivity (Wildman–Crippen MR) is 69.6 cm³/mol. The molecular formula is C10H4Br2Cl2O. The smallest absolute Gasteiger partial charge is 0.135 e. The van der Waals surface area contributed by atoms with Crippen molar-refractivity contribution in [1.29, 1.82) is 0 Å². The summed E-state index contributed by atoms with van der Waals surface area (Å²) in [6.07, 6.45) is 1.60. The Hall–Kier alpha value is 0.0400. The fourth-order valence-corrected chi connectivity index (χ4v) is 2.73. The summed E-state index contributed by atoms with van der Waals surface area (Å²) in [5.74, 6) is 0.721. The zero-order valence-electron chi connectivity index (χ0n) is 7.23. The van der Waals surface area contributed by atoms with E-state index in [1.165, 1.54) is 0 Å². The average Bonchev–Trinajstić information content (AvgIpc) is 2.73. The molecule has 0 saturated heterocycles. The molecule has 0 saturated carbocycles. The number of furan rings is 1. The summed E-state index contributed by atoms with van der Waals surface area (Å²) in [5, 5.41) is 1.09. The topological polar surface area (TPSA) is 13.1 Å². The van der Waals surface area contributed by atoms with Gasteiger partial charge in [0, 0.05) is 10.0 Å². The lowest BCUT2D eigenvalue weighted by Crippen LogP contribution is -1.82. The maximum Gasteiger partial charge on any atom is 0.135 e. The fourth-order valence-electron chi connectivity index (χ4n) is 1.18. The molecule has 5 heteroatoms. The Morgan fingerprint density at radius 3 is 2.47 bits per heavy atom. The number of hydrogen-bond donors (Lipinski definition) is 0. The number of rotatable bonds is 1. The van der Waals surface area contributed by atoms with Gasteiger partial charge in [0.1, 0.15) is 5.76 Å². The van der Waals surface area contributed by atoms with Gasteiger partial charge in [-0.05, 0) is 50.1 Å². The van der Waals surface area contributed by atoms with E-state index >= 15 is 0 Å². The van der Waals surface area contributed by atoms with Gasteiger partial charge in [0.25, 0.3) is 0 Å². The van der Waals surface area contributed by atoms with Crippen molar-refractivity contribution in [3.8, 4) is 11.3 Å². The first-order valence-electron chi connectivity index (χ1n) is 3.98. The summed E-state index contributed by atoms with van der Waals surface area (Å²) in [6, 6.07) is 5.45. The minimum absolute atomic E-state index is 0.536. The highest BCUT2D eigenvalue weighted by atomic mass is 79.9. The minimum atomic E-state index is 0.536. The lowest BCUT2D eigenvalue weighted by Gasteiger charge is -2.07. The van der Waals surface area contributed by atoms with Gasteiger partial charge in [0.2, 0.25) is 0 Å². The largest absolute Gasteiger partial charge is 0.464 e. The Labute approximate surface area is 114 Å². The van der Waals surface area contributed by atoms with Gasteiger partial charge in [0.05, 0.1) is 20.8 Å². The summed E-state index contributed by atoms with van der Waals surface area (Å²) in [6.45, 7) is 0. The van der Waals surface area contributed by atoms with E-state index in [0.717, 1.165) is 15.8 Å². The lowest BCUT2D eigenvalue weighted by molar-refractivity contribution is 0.582. The van der Waals surface area contributed by atoms with E-state index < -0.39 is 0 Å². The van der Waals surface area contributed by atoms with Crippen molar-refractivity contribution in [2.24, 2.45) is 0 Å². The molecule has 0 N–H and O–H groups in total. The molecule has 1 nitrogen and oxygen atoms in total. The molecule has 2 aromatic rings. The molecule has 0 aliphatic rings. The van der Waals surface area contributed by atoms with E-state index in [-0.39, 0.29) is 0 Å². The number of halogens is 4. The highest BCUT2D eigenvalue weighted by molar-refractivity contribution is 9.11. The van der Waals surface area contributed by atoms with Gasteiger partial charge in [0.15, 0.2) is 0 Å². The highest BCUT2D eigenvalue weighted by Gasteiger charge is 2.14. The van der Waals surface area contributed by atoms with E-state index in [1.807, 2.05) is 12.1 Å². The second kappa shape index (κ2) is 4.50. The third kappa shape index (κ3) is 2.11. The second-order valence-electron chi connectivity index (χ2n) is 2.83. The normalized spacial score (nSPS) is 10.7. The van der Waals surface area contributed by atoms with Crippen molar-refractivity contribution in [1.82, 2.24) is 0 Å². The van der Waals surface area contributed by atoms with E-state index in [2.05, 4.69) is 31.9 Å². The Balaban J connectivity index is 2.69. The SMILES string of the molecule is Clc1cc(-c2ccco2)c(Br)c(Cl)c1Br. The van der Waals surface area contributed by atoms with Crippen LogP contribution in [-0.4, -0.2) is 0 Å². The Bertz CT molecular complexity index is 495. The van der Waals surface area contributed by atoms with Crippen LogP contribution in [0, 0.1) is 0 Å². The fraction of sp³-hybridized carbons (Fsp3) is 0. The zero-order valence-corrected chi connectivity index (χ0v) is 11.9. The molecule has 0 atom stereocenters. The average molecular weight is 371 g/mol. The first-order chi connectivity index (χ1) is 7.11.